The fourth-order valence-electron chi connectivity index (χ4n) is 1.25. The highest BCUT2D eigenvalue weighted by Crippen LogP contribution is 2.23. The lowest BCUT2D eigenvalue weighted by molar-refractivity contribution is 0.228. The summed E-state index contributed by atoms with van der Waals surface area (Å²) in [6.07, 6.45) is 2.47. The molecule has 3 N–H and O–H groups in total. The highest BCUT2D eigenvalue weighted by molar-refractivity contribution is 7.99. The van der Waals surface area contributed by atoms with Crippen molar-refractivity contribution < 1.29 is 5.11 Å². The first-order valence-electron chi connectivity index (χ1n) is 3.78. The predicted molar refractivity (Wildman–Crippen MR) is 45.1 cm³/mol. The molecule has 1 fully saturated rings. The zero-order valence-electron chi connectivity index (χ0n) is 6.12. The van der Waals surface area contributed by atoms with Gasteiger partial charge in [-0.2, -0.15) is 11.8 Å². The summed E-state index contributed by atoms with van der Waals surface area (Å²) in [5.74, 6) is 2.97. The van der Waals surface area contributed by atoms with Gasteiger partial charge in [0.05, 0.1) is 6.61 Å². The second-order valence-electron chi connectivity index (χ2n) is 2.82. The van der Waals surface area contributed by atoms with E-state index in [-0.39, 0.29) is 12.6 Å². The largest absolute Gasteiger partial charge is 0.395 e. The molecule has 10 heavy (non-hydrogen) atoms. The van der Waals surface area contributed by atoms with Gasteiger partial charge in [-0.25, -0.2) is 0 Å². The maximum Gasteiger partial charge on any atom is 0.0585 e. The Hall–Kier alpha value is 0.270. The minimum atomic E-state index is 0.0211. The van der Waals surface area contributed by atoms with Crippen LogP contribution in [0.4, 0.5) is 0 Å². The minimum Gasteiger partial charge on any atom is -0.395 e. The van der Waals surface area contributed by atoms with Crippen molar-refractivity contribution in [1.29, 1.82) is 0 Å². The predicted octanol–water partition coefficient (Wildman–Crippen LogP) is 0.449. The molecule has 1 aliphatic heterocycles. The van der Waals surface area contributed by atoms with Gasteiger partial charge in [0.2, 0.25) is 0 Å². The molecule has 0 radical (unpaired) electrons. The van der Waals surface area contributed by atoms with Crippen molar-refractivity contribution in [2.45, 2.75) is 18.9 Å². The van der Waals surface area contributed by atoms with Gasteiger partial charge in [0.15, 0.2) is 0 Å². The van der Waals surface area contributed by atoms with Crippen LogP contribution in [0.2, 0.25) is 0 Å². The van der Waals surface area contributed by atoms with Gasteiger partial charge in [0, 0.05) is 6.04 Å². The van der Waals surface area contributed by atoms with Gasteiger partial charge in [-0.3, -0.25) is 0 Å². The number of rotatable bonds is 2. The molecule has 0 aromatic heterocycles. The quantitative estimate of drug-likeness (QED) is 0.618. The van der Waals surface area contributed by atoms with Gasteiger partial charge in [0.25, 0.3) is 0 Å². The van der Waals surface area contributed by atoms with Crippen LogP contribution in [-0.2, 0) is 0 Å². The second-order valence-corrected chi connectivity index (χ2v) is 3.97. The van der Waals surface area contributed by atoms with Crippen molar-refractivity contribution in [3.8, 4) is 0 Å². The zero-order valence-corrected chi connectivity index (χ0v) is 6.94. The lowest BCUT2D eigenvalue weighted by Crippen LogP contribution is -2.36. The maximum absolute atomic E-state index is 8.75. The lowest BCUT2D eigenvalue weighted by atomic mass is 9.98. The number of nitrogens with two attached hydrogens (primary N) is 1. The van der Waals surface area contributed by atoms with Gasteiger partial charge in [-0.05, 0) is 30.3 Å². The molecule has 1 aliphatic rings. The molecule has 60 valence electrons. The van der Waals surface area contributed by atoms with Gasteiger partial charge >= 0.3 is 0 Å². The smallest absolute Gasteiger partial charge is 0.0585 e. The molecule has 1 rings (SSSR count). The van der Waals surface area contributed by atoms with Crippen LogP contribution in [0.15, 0.2) is 0 Å². The van der Waals surface area contributed by atoms with Gasteiger partial charge in [-0.15, -0.1) is 0 Å². The minimum absolute atomic E-state index is 0.0211. The highest BCUT2D eigenvalue weighted by atomic mass is 32.2. The molecule has 1 heterocycles. The van der Waals surface area contributed by atoms with Crippen LogP contribution < -0.4 is 5.73 Å². The lowest BCUT2D eigenvalue weighted by Gasteiger charge is -2.25. The van der Waals surface area contributed by atoms with Crippen LogP contribution in [0, 0.1) is 5.92 Å². The SMILES string of the molecule is NC(CO)C1CCCSC1. The Morgan fingerprint density at radius 1 is 1.70 bits per heavy atom. The van der Waals surface area contributed by atoms with E-state index in [0.29, 0.717) is 5.92 Å². The van der Waals surface area contributed by atoms with Crippen molar-refractivity contribution in [2.24, 2.45) is 11.7 Å². The number of hydrogen-bond acceptors (Lipinski definition) is 3. The van der Waals surface area contributed by atoms with Gasteiger partial charge in [0.1, 0.15) is 0 Å². The van der Waals surface area contributed by atoms with E-state index in [1.807, 2.05) is 11.8 Å². The normalized spacial score (nSPS) is 30.0. The average Bonchev–Trinajstić information content (AvgIpc) is 2.05. The standard InChI is InChI=1S/C7H15NOS/c8-7(4-9)6-2-1-3-10-5-6/h6-7,9H,1-5,8H2. The Morgan fingerprint density at radius 3 is 3.00 bits per heavy atom. The third kappa shape index (κ3) is 2.15. The first kappa shape index (κ1) is 8.37. The van der Waals surface area contributed by atoms with Crippen molar-refractivity contribution in [3.63, 3.8) is 0 Å². The zero-order chi connectivity index (χ0) is 7.40. The summed E-state index contributed by atoms with van der Waals surface area (Å²) in [7, 11) is 0. The number of aliphatic hydroxyl groups excluding tert-OH is 1. The van der Waals surface area contributed by atoms with Crippen molar-refractivity contribution in [3.05, 3.63) is 0 Å². The van der Waals surface area contributed by atoms with E-state index in [0.717, 1.165) is 5.75 Å². The number of aliphatic hydroxyl groups is 1. The summed E-state index contributed by atoms with van der Waals surface area (Å²) >= 11 is 1.96. The van der Waals surface area contributed by atoms with E-state index in [4.69, 9.17) is 10.8 Å². The molecular weight excluding hydrogens is 146 g/mol. The fourth-order valence-corrected chi connectivity index (χ4v) is 2.51. The molecule has 3 heteroatoms. The molecule has 2 nitrogen and oxygen atoms in total. The topological polar surface area (TPSA) is 46.2 Å². The number of thioether (sulfide) groups is 1. The Labute approximate surface area is 66.2 Å². The third-order valence-electron chi connectivity index (χ3n) is 2.01. The average molecular weight is 161 g/mol. The molecule has 0 aliphatic carbocycles. The van der Waals surface area contributed by atoms with Crippen LogP contribution in [0.25, 0.3) is 0 Å². The first-order chi connectivity index (χ1) is 4.84. The van der Waals surface area contributed by atoms with Crippen molar-refractivity contribution in [1.82, 2.24) is 0 Å². The summed E-state index contributed by atoms with van der Waals surface area (Å²) in [5.41, 5.74) is 5.68. The number of hydrogen-bond donors (Lipinski definition) is 2. The van der Waals surface area contributed by atoms with Crippen molar-refractivity contribution >= 4 is 11.8 Å². The first-order valence-corrected chi connectivity index (χ1v) is 4.94. The van der Waals surface area contributed by atoms with Gasteiger partial charge < -0.3 is 10.8 Å². The maximum atomic E-state index is 8.75. The summed E-state index contributed by atoms with van der Waals surface area (Å²) < 4.78 is 0. The fraction of sp³-hybridized carbons (Fsp3) is 1.00. The van der Waals surface area contributed by atoms with Crippen LogP contribution >= 0.6 is 11.8 Å². The van der Waals surface area contributed by atoms with E-state index < -0.39 is 0 Å². The Bertz CT molecular complexity index is 93.6. The molecule has 0 amide bonds. The molecule has 2 atom stereocenters. The summed E-state index contributed by atoms with van der Waals surface area (Å²) in [5, 5.41) is 8.75. The third-order valence-corrected chi connectivity index (χ3v) is 3.25. The molecule has 0 saturated carbocycles. The van der Waals surface area contributed by atoms with E-state index in [1.165, 1.54) is 18.6 Å². The summed E-state index contributed by atoms with van der Waals surface area (Å²) in [6, 6.07) is 0.0211. The molecule has 0 aromatic carbocycles. The van der Waals surface area contributed by atoms with Gasteiger partial charge in [-0.1, -0.05) is 0 Å². The van der Waals surface area contributed by atoms with Crippen molar-refractivity contribution in [2.75, 3.05) is 18.1 Å². The van der Waals surface area contributed by atoms with Crippen LogP contribution in [0.5, 0.6) is 0 Å². The summed E-state index contributed by atoms with van der Waals surface area (Å²) in [6.45, 7) is 0.144. The molecule has 2 unspecified atom stereocenters. The molecular formula is C7H15NOS. The van der Waals surface area contributed by atoms with Crippen LogP contribution in [0.1, 0.15) is 12.8 Å². The Morgan fingerprint density at radius 2 is 2.50 bits per heavy atom. The summed E-state index contributed by atoms with van der Waals surface area (Å²) in [4.78, 5) is 0. The van der Waals surface area contributed by atoms with Crippen LogP contribution in [-0.4, -0.2) is 29.3 Å². The molecule has 0 spiro atoms. The van der Waals surface area contributed by atoms with Crippen LogP contribution in [0.3, 0.4) is 0 Å². The second kappa shape index (κ2) is 4.21. The van der Waals surface area contributed by atoms with E-state index >= 15 is 0 Å². The van der Waals surface area contributed by atoms with E-state index in [1.54, 1.807) is 0 Å². The molecule has 1 saturated heterocycles. The molecule has 0 aromatic rings. The monoisotopic (exact) mass is 161 g/mol. The Balaban J connectivity index is 2.24. The van der Waals surface area contributed by atoms with E-state index in [9.17, 15) is 0 Å². The molecule has 0 bridgehead atoms. The highest BCUT2D eigenvalue weighted by Gasteiger charge is 2.19. The Kier molecular flexibility index (Phi) is 3.52. The van der Waals surface area contributed by atoms with E-state index in [2.05, 4.69) is 0 Å².